The van der Waals surface area contributed by atoms with Gasteiger partial charge in [-0.05, 0) is 13.0 Å². The van der Waals surface area contributed by atoms with Crippen molar-refractivity contribution in [1.29, 1.82) is 5.26 Å². The van der Waals surface area contributed by atoms with Crippen LogP contribution in [0.1, 0.15) is 12.5 Å². The Kier molecular flexibility index (Phi) is 3.47. The van der Waals surface area contributed by atoms with Gasteiger partial charge >= 0.3 is 0 Å². The first-order valence-corrected chi connectivity index (χ1v) is 6.72. The zero-order valence-corrected chi connectivity index (χ0v) is 12.1. The van der Waals surface area contributed by atoms with Gasteiger partial charge in [-0.25, -0.2) is 14.9 Å². The van der Waals surface area contributed by atoms with Gasteiger partial charge in [0, 0.05) is 11.8 Å². The fourth-order valence-corrected chi connectivity index (χ4v) is 2.88. The number of fused-ring (bicyclic) bond motifs is 1. The van der Waals surface area contributed by atoms with Gasteiger partial charge in [0.15, 0.2) is 0 Å². The summed E-state index contributed by atoms with van der Waals surface area (Å²) in [6.45, 7) is 0.867. The molecule has 1 aliphatic rings. The first-order valence-electron chi connectivity index (χ1n) is 6.72. The number of nitrogen functional groups attached to an aromatic ring is 1. The van der Waals surface area contributed by atoms with E-state index in [1.807, 2.05) is 6.07 Å². The number of anilines is 1. The van der Waals surface area contributed by atoms with Gasteiger partial charge in [0.1, 0.15) is 42.5 Å². The number of nitriles is 1. The van der Waals surface area contributed by atoms with E-state index in [0.29, 0.717) is 5.65 Å². The molecule has 0 spiro atoms. The van der Waals surface area contributed by atoms with Crippen molar-refractivity contribution in [1.82, 2.24) is 14.4 Å². The minimum absolute atomic E-state index is 0.141. The summed E-state index contributed by atoms with van der Waals surface area (Å²) in [6, 6.07) is 3.42. The molecule has 0 saturated carbocycles. The minimum atomic E-state index is -1.96. The summed E-state index contributed by atoms with van der Waals surface area (Å²) in [5, 5.41) is 39.2. The van der Waals surface area contributed by atoms with Crippen LogP contribution < -0.4 is 5.73 Å². The predicted octanol–water partition coefficient (Wildman–Crippen LogP) is -0.969. The number of nitrogens with zero attached hydrogens (tertiary/aromatic N) is 4. The number of rotatable bonds is 3. The van der Waals surface area contributed by atoms with Crippen LogP contribution in [-0.2, 0) is 15.2 Å². The Balaban J connectivity index is 2.16. The highest BCUT2D eigenvalue weighted by molar-refractivity contribution is 5.51. The van der Waals surface area contributed by atoms with Gasteiger partial charge in [-0.2, -0.15) is 5.26 Å². The Morgan fingerprint density at radius 1 is 1.57 bits per heavy atom. The van der Waals surface area contributed by atoms with E-state index in [-0.39, 0.29) is 11.5 Å². The van der Waals surface area contributed by atoms with Crippen LogP contribution in [0.3, 0.4) is 0 Å². The Morgan fingerprint density at radius 3 is 2.91 bits per heavy atom. The summed E-state index contributed by atoms with van der Waals surface area (Å²) in [4.78, 5) is 11.8. The average molecular weight is 321 g/mol. The summed E-state index contributed by atoms with van der Waals surface area (Å²) in [5.41, 5.74) is 2.54. The standard InChI is InChI=1S/C13H15N5O5/c1-12(20)10(19)8(4-22-21)23-13(12,5-14)7-2-9-16-6-17-11(15)18(9)3-7/h2-3,6,8,10,19-21H,4H2,1H3,(H2,15,16,17)/t8-,10-,12-,13+/m1/s1. The van der Waals surface area contributed by atoms with Gasteiger partial charge in [-0.3, -0.25) is 9.66 Å². The molecule has 3 heterocycles. The lowest BCUT2D eigenvalue weighted by Crippen LogP contribution is -2.51. The summed E-state index contributed by atoms with van der Waals surface area (Å²) < 4.78 is 7.00. The van der Waals surface area contributed by atoms with Gasteiger partial charge in [0.2, 0.25) is 11.5 Å². The van der Waals surface area contributed by atoms with E-state index in [9.17, 15) is 15.5 Å². The van der Waals surface area contributed by atoms with Crippen molar-refractivity contribution in [3.8, 4) is 6.07 Å². The molecule has 2 aromatic rings. The topological polar surface area (TPSA) is 159 Å². The second-order valence-electron chi connectivity index (χ2n) is 5.53. The fourth-order valence-electron chi connectivity index (χ4n) is 2.88. The van der Waals surface area contributed by atoms with Crippen molar-refractivity contribution in [3.05, 3.63) is 24.2 Å². The smallest absolute Gasteiger partial charge is 0.212 e. The monoisotopic (exact) mass is 321 g/mol. The molecule has 1 fully saturated rings. The zero-order chi connectivity index (χ0) is 16.8. The number of hydrogen-bond donors (Lipinski definition) is 4. The van der Waals surface area contributed by atoms with E-state index in [0.717, 1.165) is 0 Å². The first kappa shape index (κ1) is 15.6. The molecule has 0 aliphatic carbocycles. The largest absolute Gasteiger partial charge is 0.387 e. The molecule has 0 amide bonds. The third-order valence-electron chi connectivity index (χ3n) is 4.20. The quantitative estimate of drug-likeness (QED) is 0.412. The number of nitrogens with two attached hydrogens (primary N) is 1. The van der Waals surface area contributed by atoms with Gasteiger partial charge in [-0.15, -0.1) is 0 Å². The molecule has 1 aliphatic heterocycles. The molecule has 0 radical (unpaired) electrons. The van der Waals surface area contributed by atoms with Crippen molar-refractivity contribution >= 4 is 11.6 Å². The molecule has 0 unspecified atom stereocenters. The van der Waals surface area contributed by atoms with Crippen molar-refractivity contribution in [3.63, 3.8) is 0 Å². The van der Waals surface area contributed by atoms with Gasteiger partial charge in [0.05, 0.1) is 0 Å². The highest BCUT2D eigenvalue weighted by Gasteiger charge is 2.64. The average Bonchev–Trinajstić information content (AvgIpc) is 3.03. The molecule has 10 nitrogen and oxygen atoms in total. The van der Waals surface area contributed by atoms with Crippen LogP contribution in [-0.4, -0.2) is 54.3 Å². The summed E-state index contributed by atoms with van der Waals surface area (Å²) in [5.74, 6) is 0.141. The Bertz CT molecular complexity index is 785. The molecular weight excluding hydrogens is 306 g/mol. The second kappa shape index (κ2) is 5.12. The molecule has 3 rings (SSSR count). The molecule has 2 aromatic heterocycles. The summed E-state index contributed by atoms with van der Waals surface area (Å²) >= 11 is 0. The highest BCUT2D eigenvalue weighted by Crippen LogP contribution is 2.47. The van der Waals surface area contributed by atoms with Crippen molar-refractivity contribution < 1.29 is 25.1 Å². The first-order chi connectivity index (χ1) is 10.9. The van der Waals surface area contributed by atoms with Crippen molar-refractivity contribution in [2.24, 2.45) is 0 Å². The van der Waals surface area contributed by atoms with Crippen LogP contribution in [0.25, 0.3) is 5.65 Å². The molecule has 23 heavy (non-hydrogen) atoms. The van der Waals surface area contributed by atoms with E-state index >= 15 is 0 Å². The predicted molar refractivity (Wildman–Crippen MR) is 74.8 cm³/mol. The maximum absolute atomic E-state index is 10.7. The van der Waals surface area contributed by atoms with E-state index in [4.69, 9.17) is 15.7 Å². The third-order valence-corrected chi connectivity index (χ3v) is 4.20. The lowest BCUT2D eigenvalue weighted by Gasteiger charge is -2.32. The molecule has 5 N–H and O–H groups in total. The van der Waals surface area contributed by atoms with Crippen LogP contribution in [0.2, 0.25) is 0 Å². The third kappa shape index (κ3) is 1.99. The maximum atomic E-state index is 10.7. The summed E-state index contributed by atoms with van der Waals surface area (Å²) in [7, 11) is 0. The SMILES string of the molecule is C[C@@]1(O)[C@H](O)[C@@H](COO)O[C@@]1(C#N)c1cc2ncnc(N)n2c1. The molecule has 10 heteroatoms. The van der Waals surface area contributed by atoms with Crippen LogP contribution in [0.15, 0.2) is 18.6 Å². The van der Waals surface area contributed by atoms with E-state index in [2.05, 4.69) is 14.9 Å². The lowest BCUT2D eigenvalue weighted by molar-refractivity contribution is -0.265. The van der Waals surface area contributed by atoms with Gasteiger partial charge in [0.25, 0.3) is 0 Å². The zero-order valence-electron chi connectivity index (χ0n) is 12.1. The van der Waals surface area contributed by atoms with E-state index < -0.39 is 30.0 Å². The summed E-state index contributed by atoms with van der Waals surface area (Å²) in [6.07, 6.45) is 0.164. The molecular formula is C13H15N5O5. The van der Waals surface area contributed by atoms with Gasteiger partial charge in [-0.1, -0.05) is 0 Å². The van der Waals surface area contributed by atoms with Gasteiger partial charge < -0.3 is 20.7 Å². The number of aliphatic hydroxyl groups is 2. The normalized spacial score (nSPS) is 33.9. The lowest BCUT2D eigenvalue weighted by atomic mass is 9.79. The maximum Gasteiger partial charge on any atom is 0.212 e. The minimum Gasteiger partial charge on any atom is -0.387 e. The van der Waals surface area contributed by atoms with Crippen LogP contribution in [0, 0.1) is 11.3 Å². The number of ether oxygens (including phenoxy) is 1. The molecule has 122 valence electrons. The number of hydrogen-bond acceptors (Lipinski definition) is 9. The Hall–Kier alpha value is -2.29. The number of aliphatic hydroxyl groups excluding tert-OH is 1. The molecule has 0 bridgehead atoms. The van der Waals surface area contributed by atoms with Crippen molar-refractivity contribution in [2.75, 3.05) is 12.3 Å². The molecule has 1 saturated heterocycles. The highest BCUT2D eigenvalue weighted by atomic mass is 17.1. The Labute approximate surface area is 130 Å². The number of aromatic nitrogens is 3. The van der Waals surface area contributed by atoms with Crippen LogP contribution in [0.5, 0.6) is 0 Å². The van der Waals surface area contributed by atoms with E-state index in [1.165, 1.54) is 29.9 Å². The molecule has 4 atom stereocenters. The second-order valence-corrected chi connectivity index (χ2v) is 5.53. The van der Waals surface area contributed by atoms with Crippen LogP contribution >= 0.6 is 0 Å². The van der Waals surface area contributed by atoms with E-state index in [1.54, 1.807) is 0 Å². The molecule has 0 aromatic carbocycles. The Morgan fingerprint density at radius 2 is 2.30 bits per heavy atom. The fraction of sp³-hybridized carbons (Fsp3) is 0.462. The van der Waals surface area contributed by atoms with Crippen LogP contribution in [0.4, 0.5) is 5.95 Å². The van der Waals surface area contributed by atoms with Crippen molar-refractivity contribution in [2.45, 2.75) is 30.3 Å².